The Labute approximate surface area is 122 Å². The van der Waals surface area contributed by atoms with Gasteiger partial charge in [-0.25, -0.2) is 9.18 Å². The molecule has 21 heavy (non-hydrogen) atoms. The van der Waals surface area contributed by atoms with Gasteiger partial charge in [0.05, 0.1) is 13.2 Å². The minimum atomic E-state index is -0.552. The van der Waals surface area contributed by atoms with E-state index in [1.165, 1.54) is 19.2 Å². The van der Waals surface area contributed by atoms with Gasteiger partial charge in [0.2, 0.25) is 5.76 Å². The number of hydrogen-bond acceptors (Lipinski definition) is 4. The topological polar surface area (TPSA) is 51.5 Å². The van der Waals surface area contributed by atoms with Crippen molar-refractivity contribution in [2.24, 2.45) is 0 Å². The van der Waals surface area contributed by atoms with Gasteiger partial charge in [-0.3, -0.25) is 0 Å². The highest BCUT2D eigenvalue weighted by Crippen LogP contribution is 2.26. The van der Waals surface area contributed by atoms with Gasteiger partial charge in [-0.05, 0) is 31.2 Å². The maximum absolute atomic E-state index is 14.0. The number of benzene rings is 1. The molecule has 0 radical (unpaired) electrons. The largest absolute Gasteiger partial charge is 0.463 e. The zero-order chi connectivity index (χ0) is 15.2. The van der Waals surface area contributed by atoms with E-state index in [0.717, 1.165) is 6.42 Å². The number of carbonyl (C=O) groups excluding carboxylic acids is 1. The van der Waals surface area contributed by atoms with Crippen molar-refractivity contribution in [2.45, 2.75) is 19.4 Å². The quantitative estimate of drug-likeness (QED) is 0.830. The highest BCUT2D eigenvalue weighted by atomic mass is 19.1. The van der Waals surface area contributed by atoms with Gasteiger partial charge in [0, 0.05) is 5.56 Å². The molecule has 0 aliphatic rings. The predicted molar refractivity (Wildman–Crippen MR) is 76.6 cm³/mol. The lowest BCUT2D eigenvalue weighted by Gasteiger charge is -2.17. The Morgan fingerprint density at radius 1 is 1.33 bits per heavy atom. The first-order valence-corrected chi connectivity index (χ1v) is 6.83. The fourth-order valence-electron chi connectivity index (χ4n) is 2.08. The average molecular weight is 291 g/mol. The lowest BCUT2D eigenvalue weighted by Crippen LogP contribution is -2.23. The summed E-state index contributed by atoms with van der Waals surface area (Å²) in [6, 6.07) is 9.25. The van der Waals surface area contributed by atoms with Gasteiger partial charge in [-0.2, -0.15) is 0 Å². The molecule has 5 heteroatoms. The third-order valence-corrected chi connectivity index (χ3v) is 3.11. The van der Waals surface area contributed by atoms with Crippen molar-refractivity contribution in [3.8, 4) is 0 Å². The Balaban J connectivity index is 2.34. The van der Waals surface area contributed by atoms with Crippen LogP contribution in [0.3, 0.4) is 0 Å². The maximum atomic E-state index is 14.0. The number of carbonyl (C=O) groups is 1. The van der Waals surface area contributed by atoms with Crippen LogP contribution in [-0.2, 0) is 4.74 Å². The summed E-state index contributed by atoms with van der Waals surface area (Å²) in [6.45, 7) is 2.72. The Bertz CT molecular complexity index is 609. The van der Waals surface area contributed by atoms with Crippen LogP contribution >= 0.6 is 0 Å². The molecule has 0 spiro atoms. The fourth-order valence-corrected chi connectivity index (χ4v) is 2.08. The molecule has 0 fully saturated rings. The van der Waals surface area contributed by atoms with E-state index in [-0.39, 0.29) is 11.6 Å². The molecule has 0 saturated heterocycles. The minimum Gasteiger partial charge on any atom is -0.463 e. The van der Waals surface area contributed by atoms with Gasteiger partial charge < -0.3 is 14.5 Å². The van der Waals surface area contributed by atoms with Crippen molar-refractivity contribution in [3.63, 3.8) is 0 Å². The summed E-state index contributed by atoms with van der Waals surface area (Å²) < 4.78 is 24.1. The van der Waals surface area contributed by atoms with E-state index in [1.807, 2.05) is 6.92 Å². The number of rotatable bonds is 6. The molecule has 112 valence electrons. The second kappa shape index (κ2) is 7.04. The first kappa shape index (κ1) is 15.3. The summed E-state index contributed by atoms with van der Waals surface area (Å²) in [5.41, 5.74) is 0.483. The summed E-state index contributed by atoms with van der Waals surface area (Å²) >= 11 is 0. The Hall–Kier alpha value is -2.14. The molecule has 0 saturated carbocycles. The molecule has 0 amide bonds. The molecular weight excluding hydrogens is 273 g/mol. The molecule has 0 bridgehead atoms. The molecule has 2 rings (SSSR count). The summed E-state index contributed by atoms with van der Waals surface area (Å²) in [4.78, 5) is 11.5. The summed E-state index contributed by atoms with van der Waals surface area (Å²) in [7, 11) is 1.29. The number of halogens is 1. The number of furan rings is 1. The van der Waals surface area contributed by atoms with Crippen LogP contribution < -0.4 is 5.32 Å². The van der Waals surface area contributed by atoms with E-state index in [4.69, 9.17) is 4.42 Å². The van der Waals surface area contributed by atoms with Crippen LogP contribution in [0.1, 0.15) is 41.3 Å². The zero-order valence-electron chi connectivity index (χ0n) is 12.1. The first-order valence-electron chi connectivity index (χ1n) is 6.83. The van der Waals surface area contributed by atoms with Crippen LogP contribution in [0.2, 0.25) is 0 Å². The highest BCUT2D eigenvalue weighted by molar-refractivity contribution is 5.86. The van der Waals surface area contributed by atoms with Crippen molar-refractivity contribution >= 4 is 5.97 Å². The molecule has 1 unspecified atom stereocenters. The summed E-state index contributed by atoms with van der Waals surface area (Å²) in [5, 5.41) is 3.23. The smallest absolute Gasteiger partial charge is 0.373 e. The van der Waals surface area contributed by atoms with Gasteiger partial charge >= 0.3 is 5.97 Å². The maximum Gasteiger partial charge on any atom is 0.373 e. The molecule has 0 aliphatic heterocycles. The van der Waals surface area contributed by atoms with E-state index in [1.54, 1.807) is 24.3 Å². The third-order valence-electron chi connectivity index (χ3n) is 3.11. The number of methoxy groups -OCH3 is 1. The Morgan fingerprint density at radius 2 is 2.10 bits per heavy atom. The highest BCUT2D eigenvalue weighted by Gasteiger charge is 2.22. The summed E-state index contributed by atoms with van der Waals surface area (Å²) in [5.74, 6) is -0.285. The van der Waals surface area contributed by atoms with Crippen LogP contribution in [0.25, 0.3) is 0 Å². The molecular formula is C16H18FNO3. The number of ether oxygens (including phenoxy) is 1. The minimum absolute atomic E-state index is 0.104. The third kappa shape index (κ3) is 3.49. The number of hydrogen-bond donors (Lipinski definition) is 1. The predicted octanol–water partition coefficient (Wildman–Crippen LogP) is 3.29. The molecule has 2 aromatic rings. The Kier molecular flexibility index (Phi) is 5.11. The van der Waals surface area contributed by atoms with Gasteiger partial charge in [-0.15, -0.1) is 0 Å². The Morgan fingerprint density at radius 3 is 2.76 bits per heavy atom. The number of esters is 1. The van der Waals surface area contributed by atoms with Gasteiger partial charge in [0.1, 0.15) is 11.6 Å². The fraction of sp³-hybridized carbons (Fsp3) is 0.312. The van der Waals surface area contributed by atoms with Gasteiger partial charge in [-0.1, -0.05) is 25.1 Å². The van der Waals surface area contributed by atoms with E-state index < -0.39 is 12.0 Å². The van der Waals surface area contributed by atoms with Gasteiger partial charge in [0.15, 0.2) is 0 Å². The van der Waals surface area contributed by atoms with Crippen molar-refractivity contribution in [1.82, 2.24) is 5.32 Å². The van der Waals surface area contributed by atoms with Crippen LogP contribution in [0.4, 0.5) is 4.39 Å². The molecule has 4 nitrogen and oxygen atoms in total. The zero-order valence-corrected chi connectivity index (χ0v) is 12.1. The van der Waals surface area contributed by atoms with Crippen molar-refractivity contribution in [3.05, 3.63) is 59.3 Å². The molecule has 1 aromatic carbocycles. The van der Waals surface area contributed by atoms with Crippen LogP contribution in [0.5, 0.6) is 0 Å². The standard InChI is InChI=1S/C16H18FNO3/c1-3-10-18-15(11-6-4-5-7-12(11)17)13-8-9-14(21-13)16(19)20-2/h4-9,15,18H,3,10H2,1-2H3. The van der Waals surface area contributed by atoms with E-state index in [9.17, 15) is 9.18 Å². The first-order chi connectivity index (χ1) is 10.2. The average Bonchev–Trinajstić information content (AvgIpc) is 2.98. The lowest BCUT2D eigenvalue weighted by atomic mass is 10.0. The summed E-state index contributed by atoms with van der Waals surface area (Å²) in [6.07, 6.45) is 0.898. The van der Waals surface area contributed by atoms with Crippen molar-refractivity contribution < 1.29 is 18.3 Å². The second-order valence-electron chi connectivity index (χ2n) is 4.60. The molecule has 0 aliphatic carbocycles. The van der Waals surface area contributed by atoms with Crippen molar-refractivity contribution in [2.75, 3.05) is 13.7 Å². The monoisotopic (exact) mass is 291 g/mol. The normalized spacial score (nSPS) is 12.1. The van der Waals surface area contributed by atoms with Crippen LogP contribution in [0.15, 0.2) is 40.8 Å². The van der Waals surface area contributed by atoms with E-state index >= 15 is 0 Å². The lowest BCUT2D eigenvalue weighted by molar-refractivity contribution is 0.0562. The molecule has 1 N–H and O–H groups in total. The SMILES string of the molecule is CCCNC(c1ccc(C(=O)OC)o1)c1ccccc1F. The van der Waals surface area contributed by atoms with E-state index in [0.29, 0.717) is 17.9 Å². The van der Waals surface area contributed by atoms with Crippen LogP contribution in [0, 0.1) is 5.82 Å². The molecule has 1 aromatic heterocycles. The molecule has 1 heterocycles. The number of nitrogens with one attached hydrogen (secondary N) is 1. The second-order valence-corrected chi connectivity index (χ2v) is 4.60. The van der Waals surface area contributed by atoms with Gasteiger partial charge in [0.25, 0.3) is 0 Å². The van der Waals surface area contributed by atoms with E-state index in [2.05, 4.69) is 10.1 Å². The van der Waals surface area contributed by atoms with Crippen LogP contribution in [-0.4, -0.2) is 19.6 Å². The molecule has 1 atom stereocenters. The van der Waals surface area contributed by atoms with Crippen molar-refractivity contribution in [1.29, 1.82) is 0 Å².